The van der Waals surface area contributed by atoms with Gasteiger partial charge in [0, 0.05) is 21.8 Å². The Kier molecular flexibility index (Phi) is 4.05. The van der Waals surface area contributed by atoms with Gasteiger partial charge in [0.2, 0.25) is 0 Å². The highest BCUT2D eigenvalue weighted by atomic mass is 79.9. The largest absolute Gasteiger partial charge is 0.389 e. The highest BCUT2D eigenvalue weighted by Crippen LogP contribution is 2.34. The Morgan fingerprint density at radius 2 is 2.29 bits per heavy atom. The van der Waals surface area contributed by atoms with Crippen LogP contribution in [0.25, 0.3) is 0 Å². The molecule has 0 aromatic heterocycles. The molecule has 1 aliphatic rings. The molecule has 1 aromatic rings. The minimum atomic E-state index is 0.425. The summed E-state index contributed by atoms with van der Waals surface area (Å²) >= 11 is 8.47. The molecule has 2 rings (SSSR count). The second kappa shape index (κ2) is 5.36. The summed E-state index contributed by atoms with van der Waals surface area (Å²) in [5.41, 5.74) is 7.63. The molecular weight excluding hydrogens is 296 g/mol. The second-order valence-electron chi connectivity index (χ2n) is 4.78. The molecule has 1 aromatic carbocycles. The van der Waals surface area contributed by atoms with Gasteiger partial charge in [-0.15, -0.1) is 0 Å². The number of benzene rings is 1. The molecule has 0 amide bonds. The summed E-state index contributed by atoms with van der Waals surface area (Å²) in [7, 11) is 0. The van der Waals surface area contributed by atoms with Crippen LogP contribution >= 0.6 is 28.1 Å². The van der Waals surface area contributed by atoms with Crippen molar-refractivity contribution in [2.75, 3.05) is 5.32 Å². The van der Waals surface area contributed by atoms with Gasteiger partial charge >= 0.3 is 0 Å². The number of hydrogen-bond acceptors (Lipinski definition) is 2. The van der Waals surface area contributed by atoms with E-state index in [1.165, 1.54) is 19.3 Å². The first kappa shape index (κ1) is 12.8. The van der Waals surface area contributed by atoms with Crippen LogP contribution in [0.1, 0.15) is 31.7 Å². The second-order valence-corrected chi connectivity index (χ2v) is 6.08. The number of anilines is 1. The molecule has 0 bridgehead atoms. The summed E-state index contributed by atoms with van der Waals surface area (Å²) in [5.74, 6) is 0.942. The topological polar surface area (TPSA) is 38.0 Å². The van der Waals surface area contributed by atoms with E-state index in [1.54, 1.807) is 0 Å². The van der Waals surface area contributed by atoms with E-state index in [4.69, 9.17) is 18.0 Å². The minimum Gasteiger partial charge on any atom is -0.389 e. The maximum Gasteiger partial charge on any atom is 0.105 e. The zero-order valence-corrected chi connectivity index (χ0v) is 12.3. The van der Waals surface area contributed by atoms with Crippen LogP contribution < -0.4 is 11.1 Å². The van der Waals surface area contributed by atoms with E-state index in [1.807, 2.05) is 18.2 Å². The van der Waals surface area contributed by atoms with Gasteiger partial charge in [-0.3, -0.25) is 0 Å². The minimum absolute atomic E-state index is 0.425. The molecule has 0 saturated heterocycles. The van der Waals surface area contributed by atoms with Gasteiger partial charge in [-0.25, -0.2) is 0 Å². The number of rotatable bonds is 5. The van der Waals surface area contributed by atoms with Crippen molar-refractivity contribution in [3.63, 3.8) is 0 Å². The highest BCUT2D eigenvalue weighted by molar-refractivity contribution is 9.10. The lowest BCUT2D eigenvalue weighted by Gasteiger charge is -2.15. The SMILES string of the molecule is CC(CC1CC1)Nc1ccc(C(N)=S)c(Br)c1. The Morgan fingerprint density at radius 3 is 2.82 bits per heavy atom. The summed E-state index contributed by atoms with van der Waals surface area (Å²) in [6, 6.07) is 6.55. The number of hydrogen-bond donors (Lipinski definition) is 2. The third kappa shape index (κ3) is 3.68. The summed E-state index contributed by atoms with van der Waals surface area (Å²) < 4.78 is 0.952. The maximum atomic E-state index is 5.62. The predicted molar refractivity (Wildman–Crippen MR) is 80.5 cm³/mol. The van der Waals surface area contributed by atoms with Crippen molar-refractivity contribution in [2.24, 2.45) is 11.7 Å². The van der Waals surface area contributed by atoms with Crippen molar-refractivity contribution in [3.8, 4) is 0 Å². The zero-order valence-electron chi connectivity index (χ0n) is 9.87. The first-order chi connectivity index (χ1) is 8.06. The average molecular weight is 313 g/mol. The van der Waals surface area contributed by atoms with Gasteiger partial charge < -0.3 is 11.1 Å². The molecule has 0 aliphatic heterocycles. The van der Waals surface area contributed by atoms with Gasteiger partial charge in [-0.05, 0) is 53.4 Å². The normalized spacial score (nSPS) is 16.6. The summed E-state index contributed by atoms with van der Waals surface area (Å²) in [6.45, 7) is 2.23. The fourth-order valence-electron chi connectivity index (χ4n) is 2.00. The Hall–Kier alpha value is -0.610. The molecule has 4 heteroatoms. The number of thiocarbonyl (C=S) groups is 1. The molecule has 17 heavy (non-hydrogen) atoms. The maximum absolute atomic E-state index is 5.62. The van der Waals surface area contributed by atoms with Crippen molar-refractivity contribution >= 4 is 38.8 Å². The molecule has 2 nitrogen and oxygen atoms in total. The van der Waals surface area contributed by atoms with Crippen LogP contribution in [-0.4, -0.2) is 11.0 Å². The van der Waals surface area contributed by atoms with Gasteiger partial charge in [-0.1, -0.05) is 25.1 Å². The molecule has 0 heterocycles. The fourth-order valence-corrected chi connectivity index (χ4v) is 2.90. The summed E-state index contributed by atoms with van der Waals surface area (Å²) in [6.07, 6.45) is 4.06. The average Bonchev–Trinajstić information content (AvgIpc) is 3.00. The number of nitrogens with two attached hydrogens (primary N) is 1. The lowest BCUT2D eigenvalue weighted by molar-refractivity contribution is 0.642. The Morgan fingerprint density at radius 1 is 1.59 bits per heavy atom. The molecule has 3 N–H and O–H groups in total. The van der Waals surface area contributed by atoms with Crippen LogP contribution in [0.3, 0.4) is 0 Å². The van der Waals surface area contributed by atoms with Crippen LogP contribution in [-0.2, 0) is 0 Å². The van der Waals surface area contributed by atoms with E-state index in [0.717, 1.165) is 21.6 Å². The first-order valence-corrected chi connectivity index (χ1v) is 7.12. The Balaban J connectivity index is 2.00. The van der Waals surface area contributed by atoms with E-state index in [9.17, 15) is 0 Å². The molecule has 1 saturated carbocycles. The standard InChI is InChI=1S/C13H17BrN2S/c1-8(6-9-2-3-9)16-10-4-5-11(13(15)17)12(14)7-10/h4-5,7-9,16H,2-3,6H2,1H3,(H2,15,17). The van der Waals surface area contributed by atoms with Gasteiger partial charge in [-0.2, -0.15) is 0 Å². The number of nitrogens with one attached hydrogen (secondary N) is 1. The van der Waals surface area contributed by atoms with Crippen LogP contribution in [0.4, 0.5) is 5.69 Å². The molecule has 1 unspecified atom stereocenters. The Labute approximate surface area is 116 Å². The monoisotopic (exact) mass is 312 g/mol. The van der Waals surface area contributed by atoms with Gasteiger partial charge in [0.15, 0.2) is 0 Å². The highest BCUT2D eigenvalue weighted by Gasteiger charge is 2.23. The van der Waals surface area contributed by atoms with Crippen molar-refractivity contribution in [1.29, 1.82) is 0 Å². The van der Waals surface area contributed by atoms with Crippen LogP contribution in [0.2, 0.25) is 0 Å². The quantitative estimate of drug-likeness (QED) is 0.814. The van der Waals surface area contributed by atoms with Gasteiger partial charge in [0.05, 0.1) is 0 Å². The Bertz CT molecular complexity index is 429. The molecular formula is C13H17BrN2S. The molecule has 1 atom stereocenters. The first-order valence-electron chi connectivity index (χ1n) is 5.92. The van der Waals surface area contributed by atoms with E-state index in [2.05, 4.69) is 28.2 Å². The predicted octanol–water partition coefficient (Wildman–Crippen LogP) is 3.68. The summed E-state index contributed by atoms with van der Waals surface area (Å²) in [4.78, 5) is 0.425. The molecule has 0 radical (unpaired) electrons. The van der Waals surface area contributed by atoms with E-state index >= 15 is 0 Å². The fraction of sp³-hybridized carbons (Fsp3) is 0.462. The van der Waals surface area contributed by atoms with Crippen molar-refractivity contribution in [2.45, 2.75) is 32.2 Å². The molecule has 0 spiro atoms. The molecule has 1 fully saturated rings. The van der Waals surface area contributed by atoms with Gasteiger partial charge in [0.25, 0.3) is 0 Å². The third-order valence-electron chi connectivity index (χ3n) is 3.03. The smallest absolute Gasteiger partial charge is 0.105 e. The van der Waals surface area contributed by atoms with Gasteiger partial charge in [0.1, 0.15) is 4.99 Å². The molecule has 92 valence electrons. The lowest BCUT2D eigenvalue weighted by atomic mass is 10.1. The zero-order chi connectivity index (χ0) is 12.4. The van der Waals surface area contributed by atoms with Crippen LogP contribution in [0, 0.1) is 5.92 Å². The van der Waals surface area contributed by atoms with Crippen LogP contribution in [0.5, 0.6) is 0 Å². The van der Waals surface area contributed by atoms with Crippen molar-refractivity contribution in [1.82, 2.24) is 0 Å². The van der Waals surface area contributed by atoms with Crippen molar-refractivity contribution in [3.05, 3.63) is 28.2 Å². The van der Waals surface area contributed by atoms with E-state index in [-0.39, 0.29) is 0 Å². The third-order valence-corrected chi connectivity index (χ3v) is 3.91. The summed E-state index contributed by atoms with van der Waals surface area (Å²) in [5, 5.41) is 3.51. The number of halogens is 1. The molecule has 1 aliphatic carbocycles. The van der Waals surface area contributed by atoms with E-state index < -0.39 is 0 Å². The van der Waals surface area contributed by atoms with Crippen molar-refractivity contribution < 1.29 is 0 Å². The lowest BCUT2D eigenvalue weighted by Crippen LogP contribution is -2.16. The van der Waals surface area contributed by atoms with E-state index in [0.29, 0.717) is 11.0 Å². The van der Waals surface area contributed by atoms with Crippen LogP contribution in [0.15, 0.2) is 22.7 Å².